The van der Waals surface area contributed by atoms with Crippen molar-refractivity contribution in [2.24, 2.45) is 0 Å². The third-order valence-corrected chi connectivity index (χ3v) is 3.26. The van der Waals surface area contributed by atoms with Gasteiger partial charge in [-0.2, -0.15) is 0 Å². The zero-order chi connectivity index (χ0) is 10.8. The molecule has 0 radical (unpaired) electrons. The fraction of sp³-hybridized carbons (Fsp3) is 0.364. The molecule has 2 rings (SSSR count). The highest BCUT2D eigenvalue weighted by Gasteiger charge is 2.26. The molecule has 0 spiro atoms. The second kappa shape index (κ2) is 4.31. The Morgan fingerprint density at radius 3 is 2.53 bits per heavy atom. The van der Waals surface area contributed by atoms with Crippen LogP contribution in [0.2, 0.25) is 0 Å². The number of carbonyl (C=O) groups excluding carboxylic acids is 1. The van der Waals surface area contributed by atoms with Gasteiger partial charge in [0.1, 0.15) is 10.6 Å². The van der Waals surface area contributed by atoms with Gasteiger partial charge in [0.05, 0.1) is 0 Å². The summed E-state index contributed by atoms with van der Waals surface area (Å²) in [6.45, 7) is 0. The smallest absolute Gasteiger partial charge is 0.238 e. The molecule has 1 aliphatic carbocycles. The molecule has 0 unspecified atom stereocenters. The zero-order valence-corrected chi connectivity index (χ0v) is 9.63. The maximum absolute atomic E-state index is 12.7. The third-order valence-electron chi connectivity index (χ3n) is 2.32. The Kier molecular flexibility index (Phi) is 3.05. The van der Waals surface area contributed by atoms with Crippen molar-refractivity contribution in [1.29, 1.82) is 0 Å². The number of hydrogen-bond acceptors (Lipinski definition) is 1. The van der Waals surface area contributed by atoms with E-state index in [4.69, 9.17) is 0 Å². The monoisotopic (exact) mass is 271 g/mol. The first kappa shape index (κ1) is 10.6. The lowest BCUT2D eigenvalue weighted by atomic mass is 10.1. The van der Waals surface area contributed by atoms with Gasteiger partial charge in [0, 0.05) is 6.04 Å². The summed E-state index contributed by atoms with van der Waals surface area (Å²) in [4.78, 5) is 11.2. The van der Waals surface area contributed by atoms with E-state index in [-0.39, 0.29) is 11.7 Å². The molecular weight excluding hydrogens is 261 g/mol. The molecule has 4 heteroatoms. The van der Waals surface area contributed by atoms with Crippen molar-refractivity contribution in [3.8, 4) is 0 Å². The van der Waals surface area contributed by atoms with Crippen LogP contribution in [0.15, 0.2) is 24.3 Å². The van der Waals surface area contributed by atoms with Crippen molar-refractivity contribution >= 4 is 21.8 Å². The molecule has 1 fully saturated rings. The second-order valence-electron chi connectivity index (χ2n) is 3.70. The SMILES string of the molecule is O=C(NC1CC1)[C@H](Br)c1ccc(F)cc1. The number of alkyl halides is 1. The number of halogens is 2. The van der Waals surface area contributed by atoms with E-state index in [0.717, 1.165) is 18.4 Å². The molecule has 0 saturated heterocycles. The zero-order valence-electron chi connectivity index (χ0n) is 8.04. The van der Waals surface area contributed by atoms with Gasteiger partial charge in [-0.05, 0) is 30.5 Å². The predicted octanol–water partition coefficient (Wildman–Crippen LogP) is 2.54. The first-order chi connectivity index (χ1) is 7.16. The topological polar surface area (TPSA) is 29.1 Å². The van der Waals surface area contributed by atoms with Crippen LogP contribution in [0.1, 0.15) is 23.2 Å². The molecule has 1 N–H and O–H groups in total. The van der Waals surface area contributed by atoms with E-state index in [2.05, 4.69) is 21.2 Å². The van der Waals surface area contributed by atoms with Gasteiger partial charge in [0.2, 0.25) is 5.91 Å². The van der Waals surface area contributed by atoms with E-state index in [0.29, 0.717) is 6.04 Å². The summed E-state index contributed by atoms with van der Waals surface area (Å²) in [7, 11) is 0. The Morgan fingerprint density at radius 1 is 1.40 bits per heavy atom. The summed E-state index contributed by atoms with van der Waals surface area (Å²) in [5.74, 6) is -0.342. The minimum Gasteiger partial charge on any atom is -0.352 e. The minimum absolute atomic E-state index is 0.0518. The van der Waals surface area contributed by atoms with Crippen LogP contribution < -0.4 is 5.32 Å². The summed E-state index contributed by atoms with van der Waals surface area (Å²) in [5, 5.41) is 2.89. The fourth-order valence-electron chi connectivity index (χ4n) is 1.29. The highest BCUT2D eigenvalue weighted by molar-refractivity contribution is 9.09. The molecular formula is C11H11BrFNO. The van der Waals surface area contributed by atoms with E-state index in [1.54, 1.807) is 12.1 Å². The molecule has 0 bridgehead atoms. The second-order valence-corrected chi connectivity index (χ2v) is 4.61. The summed E-state index contributed by atoms with van der Waals surface area (Å²) in [5.41, 5.74) is 0.773. The normalized spacial score (nSPS) is 17.2. The summed E-state index contributed by atoms with van der Waals surface area (Å²) in [6.07, 6.45) is 2.13. The fourth-order valence-corrected chi connectivity index (χ4v) is 1.72. The van der Waals surface area contributed by atoms with E-state index in [9.17, 15) is 9.18 Å². The van der Waals surface area contributed by atoms with Crippen LogP contribution >= 0.6 is 15.9 Å². The van der Waals surface area contributed by atoms with Crippen LogP contribution in [0.4, 0.5) is 4.39 Å². The Labute approximate surface area is 96.0 Å². The molecule has 1 atom stereocenters. The van der Waals surface area contributed by atoms with Crippen LogP contribution in [-0.4, -0.2) is 11.9 Å². The summed E-state index contributed by atoms with van der Waals surface area (Å²) < 4.78 is 12.7. The van der Waals surface area contributed by atoms with Gasteiger partial charge in [0.25, 0.3) is 0 Å². The van der Waals surface area contributed by atoms with E-state index < -0.39 is 4.83 Å². The summed E-state index contributed by atoms with van der Waals surface area (Å²) in [6, 6.07) is 6.28. The number of benzene rings is 1. The number of amides is 1. The molecule has 0 heterocycles. The Morgan fingerprint density at radius 2 is 2.00 bits per heavy atom. The average Bonchev–Trinajstić information content (AvgIpc) is 3.02. The largest absolute Gasteiger partial charge is 0.352 e. The Hall–Kier alpha value is -0.900. The van der Waals surface area contributed by atoms with Crippen molar-refractivity contribution in [3.05, 3.63) is 35.6 Å². The highest BCUT2D eigenvalue weighted by atomic mass is 79.9. The first-order valence-corrected chi connectivity index (χ1v) is 5.78. The molecule has 1 aromatic carbocycles. The molecule has 80 valence electrons. The van der Waals surface area contributed by atoms with Gasteiger partial charge in [-0.15, -0.1) is 0 Å². The number of hydrogen-bond donors (Lipinski definition) is 1. The first-order valence-electron chi connectivity index (χ1n) is 4.87. The lowest BCUT2D eigenvalue weighted by Gasteiger charge is -2.10. The highest BCUT2D eigenvalue weighted by Crippen LogP contribution is 2.26. The van der Waals surface area contributed by atoms with Gasteiger partial charge in [-0.1, -0.05) is 28.1 Å². The lowest BCUT2D eigenvalue weighted by molar-refractivity contribution is -0.120. The number of nitrogens with one attached hydrogen (secondary N) is 1. The molecule has 1 amide bonds. The van der Waals surface area contributed by atoms with Gasteiger partial charge in [-0.25, -0.2) is 4.39 Å². The molecule has 1 aliphatic rings. The molecule has 15 heavy (non-hydrogen) atoms. The third kappa shape index (κ3) is 2.78. The van der Waals surface area contributed by atoms with E-state index in [1.807, 2.05) is 0 Å². The average molecular weight is 272 g/mol. The molecule has 1 saturated carbocycles. The van der Waals surface area contributed by atoms with Gasteiger partial charge in [0.15, 0.2) is 0 Å². The minimum atomic E-state index is -0.390. The maximum atomic E-state index is 12.7. The molecule has 2 nitrogen and oxygen atoms in total. The van der Waals surface area contributed by atoms with Gasteiger partial charge < -0.3 is 5.32 Å². The van der Waals surface area contributed by atoms with Crippen molar-refractivity contribution in [2.75, 3.05) is 0 Å². The quantitative estimate of drug-likeness (QED) is 0.842. The number of carbonyl (C=O) groups is 1. The van der Waals surface area contributed by atoms with Gasteiger partial charge >= 0.3 is 0 Å². The lowest BCUT2D eigenvalue weighted by Crippen LogP contribution is -2.28. The Bertz CT molecular complexity index is 361. The van der Waals surface area contributed by atoms with E-state index >= 15 is 0 Å². The number of rotatable bonds is 3. The summed E-state index contributed by atoms with van der Waals surface area (Å²) >= 11 is 3.30. The molecule has 0 aromatic heterocycles. The Balaban J connectivity index is 2.02. The van der Waals surface area contributed by atoms with Crippen molar-refractivity contribution in [3.63, 3.8) is 0 Å². The standard InChI is InChI=1S/C11H11BrFNO/c12-10(11(15)14-9-5-6-9)7-1-3-8(13)4-2-7/h1-4,9-10H,5-6H2,(H,14,15)/t10-/m1/s1. The van der Waals surface area contributed by atoms with Crippen LogP contribution in [0.3, 0.4) is 0 Å². The van der Waals surface area contributed by atoms with Gasteiger partial charge in [-0.3, -0.25) is 4.79 Å². The molecule has 0 aliphatic heterocycles. The molecule has 1 aromatic rings. The van der Waals surface area contributed by atoms with Crippen molar-refractivity contribution < 1.29 is 9.18 Å². The van der Waals surface area contributed by atoms with Crippen molar-refractivity contribution in [1.82, 2.24) is 5.32 Å². The van der Waals surface area contributed by atoms with Crippen LogP contribution in [0.5, 0.6) is 0 Å². The van der Waals surface area contributed by atoms with Crippen LogP contribution in [0.25, 0.3) is 0 Å². The van der Waals surface area contributed by atoms with E-state index in [1.165, 1.54) is 12.1 Å². The van der Waals surface area contributed by atoms with Crippen molar-refractivity contribution in [2.45, 2.75) is 23.7 Å². The maximum Gasteiger partial charge on any atom is 0.238 e. The predicted molar refractivity (Wildman–Crippen MR) is 59.2 cm³/mol. The van der Waals surface area contributed by atoms with Crippen LogP contribution in [0, 0.1) is 5.82 Å². The van der Waals surface area contributed by atoms with Crippen LogP contribution in [-0.2, 0) is 4.79 Å².